The molecule has 2 aromatic heterocycles. The summed E-state index contributed by atoms with van der Waals surface area (Å²) in [5.74, 6) is -1.02. The molecule has 2 aromatic rings. The number of rotatable bonds is 5. The average molecular weight is 288 g/mol. The summed E-state index contributed by atoms with van der Waals surface area (Å²) in [6.07, 6.45) is 1.06. The lowest BCUT2D eigenvalue weighted by atomic mass is 10.3. The largest absolute Gasteiger partial charge is 0.481 e. The summed E-state index contributed by atoms with van der Waals surface area (Å²) in [5.41, 5.74) is 0.301. The maximum absolute atomic E-state index is 11.8. The third kappa shape index (κ3) is 2.84. The minimum atomic E-state index is -3.75. The Morgan fingerprint density at radius 1 is 1.56 bits per heavy atom. The molecule has 0 atom stereocenters. The van der Waals surface area contributed by atoms with Gasteiger partial charge in [0, 0.05) is 5.38 Å². The highest BCUT2D eigenvalue weighted by Gasteiger charge is 2.17. The molecule has 0 radical (unpaired) electrons. The van der Waals surface area contributed by atoms with Crippen LogP contribution in [0.25, 0.3) is 0 Å². The van der Waals surface area contributed by atoms with Crippen molar-refractivity contribution in [2.24, 2.45) is 0 Å². The predicted molar refractivity (Wildman–Crippen MR) is 62.9 cm³/mol. The molecule has 10 heteroatoms. The van der Waals surface area contributed by atoms with Gasteiger partial charge in [0.05, 0.1) is 18.3 Å². The van der Waals surface area contributed by atoms with Gasteiger partial charge in [0.1, 0.15) is 0 Å². The number of thiazole rings is 1. The van der Waals surface area contributed by atoms with Crippen molar-refractivity contribution in [1.82, 2.24) is 15.2 Å². The summed E-state index contributed by atoms with van der Waals surface area (Å²) in [7, 11) is -3.75. The van der Waals surface area contributed by atoms with E-state index in [1.807, 2.05) is 0 Å². The van der Waals surface area contributed by atoms with Gasteiger partial charge in [0.25, 0.3) is 10.0 Å². The molecule has 0 aliphatic heterocycles. The molecule has 2 rings (SSSR count). The van der Waals surface area contributed by atoms with Crippen molar-refractivity contribution >= 4 is 32.5 Å². The van der Waals surface area contributed by atoms with Crippen LogP contribution in [-0.4, -0.2) is 34.7 Å². The Hall–Kier alpha value is -1.94. The molecular weight excluding hydrogens is 280 g/mol. The zero-order chi connectivity index (χ0) is 13.2. The Labute approximate surface area is 106 Å². The van der Waals surface area contributed by atoms with Gasteiger partial charge in [0.2, 0.25) is 0 Å². The lowest BCUT2D eigenvalue weighted by molar-refractivity contribution is -0.136. The number of aromatic nitrogens is 3. The van der Waals surface area contributed by atoms with Crippen LogP contribution >= 0.6 is 11.3 Å². The molecule has 0 bridgehead atoms. The topological polar surface area (TPSA) is 125 Å². The molecule has 0 fully saturated rings. The standard InChI is InChI=1S/C8H8N4O4S2/c13-7(14)3-5-4-17-8(10-5)12-18(15,16)6-1-2-9-11-6/h1-2,4H,3H2,(H,9,11)(H,10,12)(H,13,14). The third-order valence-electron chi connectivity index (χ3n) is 1.87. The number of anilines is 1. The van der Waals surface area contributed by atoms with Gasteiger partial charge in [-0.2, -0.15) is 13.5 Å². The van der Waals surface area contributed by atoms with E-state index in [0.29, 0.717) is 5.69 Å². The summed E-state index contributed by atoms with van der Waals surface area (Å²) in [6.45, 7) is 0. The van der Waals surface area contributed by atoms with Gasteiger partial charge >= 0.3 is 5.97 Å². The van der Waals surface area contributed by atoms with Gasteiger partial charge in [-0.1, -0.05) is 0 Å². The second-order valence-corrected chi connectivity index (χ2v) is 5.75. The number of sulfonamides is 1. The highest BCUT2D eigenvalue weighted by molar-refractivity contribution is 7.92. The number of hydrogen-bond acceptors (Lipinski definition) is 6. The summed E-state index contributed by atoms with van der Waals surface area (Å²) in [5, 5.41) is 15.9. The summed E-state index contributed by atoms with van der Waals surface area (Å²) in [6, 6.07) is 1.30. The van der Waals surface area contributed by atoms with Crippen molar-refractivity contribution in [1.29, 1.82) is 0 Å². The van der Waals surface area contributed by atoms with Crippen LogP contribution < -0.4 is 4.72 Å². The van der Waals surface area contributed by atoms with Gasteiger partial charge < -0.3 is 5.11 Å². The molecule has 8 nitrogen and oxygen atoms in total. The smallest absolute Gasteiger partial charge is 0.309 e. The molecule has 3 N–H and O–H groups in total. The number of H-pyrrole nitrogens is 1. The molecule has 0 saturated carbocycles. The van der Waals surface area contributed by atoms with E-state index in [9.17, 15) is 13.2 Å². The lowest BCUT2D eigenvalue weighted by Crippen LogP contribution is -2.13. The molecule has 0 aromatic carbocycles. The predicted octanol–water partition coefficient (Wildman–Crippen LogP) is 0.294. The number of carboxylic acids is 1. The minimum absolute atomic E-state index is 0.0857. The summed E-state index contributed by atoms with van der Waals surface area (Å²) < 4.78 is 25.8. The Morgan fingerprint density at radius 2 is 2.33 bits per heavy atom. The number of hydrogen-bond donors (Lipinski definition) is 3. The van der Waals surface area contributed by atoms with Gasteiger partial charge in [0.15, 0.2) is 10.2 Å². The van der Waals surface area contributed by atoms with E-state index in [0.717, 1.165) is 11.3 Å². The van der Waals surface area contributed by atoms with Crippen molar-refractivity contribution in [3.05, 3.63) is 23.3 Å². The van der Waals surface area contributed by atoms with Crippen molar-refractivity contribution < 1.29 is 18.3 Å². The average Bonchev–Trinajstić information content (AvgIpc) is 2.87. The SMILES string of the molecule is O=C(O)Cc1csc(NS(=O)(=O)c2ccn[nH]2)n1. The fourth-order valence-electron chi connectivity index (χ4n) is 1.15. The molecule has 0 saturated heterocycles. The van der Waals surface area contributed by atoms with E-state index < -0.39 is 16.0 Å². The van der Waals surface area contributed by atoms with E-state index >= 15 is 0 Å². The first-order valence-corrected chi connectivity index (χ1v) is 7.02. The van der Waals surface area contributed by atoms with Gasteiger partial charge in [-0.3, -0.25) is 14.6 Å². The number of carbonyl (C=O) groups is 1. The highest BCUT2D eigenvalue weighted by Crippen LogP contribution is 2.19. The van der Waals surface area contributed by atoms with Crippen LogP contribution in [0.5, 0.6) is 0 Å². The number of aromatic amines is 1. The Kier molecular flexibility index (Phi) is 3.30. The second kappa shape index (κ2) is 4.74. The first-order valence-electron chi connectivity index (χ1n) is 4.66. The fraction of sp³-hybridized carbons (Fsp3) is 0.125. The number of carboxylic acid groups (broad SMARTS) is 1. The molecule has 18 heavy (non-hydrogen) atoms. The van der Waals surface area contributed by atoms with Crippen molar-refractivity contribution in [2.75, 3.05) is 4.72 Å². The van der Waals surface area contributed by atoms with E-state index in [4.69, 9.17) is 5.11 Å². The maximum Gasteiger partial charge on any atom is 0.309 e. The molecular formula is C8H8N4O4S2. The fourth-order valence-corrected chi connectivity index (χ4v) is 3.03. The zero-order valence-electron chi connectivity index (χ0n) is 8.82. The lowest BCUT2D eigenvalue weighted by Gasteiger charge is -2.01. The minimum Gasteiger partial charge on any atom is -0.481 e. The highest BCUT2D eigenvalue weighted by atomic mass is 32.2. The van der Waals surface area contributed by atoms with E-state index in [1.54, 1.807) is 0 Å². The van der Waals surface area contributed by atoms with Crippen LogP contribution in [0.2, 0.25) is 0 Å². The molecule has 0 aliphatic carbocycles. The zero-order valence-corrected chi connectivity index (χ0v) is 10.5. The molecule has 0 aliphatic rings. The number of nitrogens with zero attached hydrogens (tertiary/aromatic N) is 2. The first-order chi connectivity index (χ1) is 8.47. The van der Waals surface area contributed by atoms with Crippen LogP contribution in [0.1, 0.15) is 5.69 Å². The van der Waals surface area contributed by atoms with Crippen LogP contribution in [0, 0.1) is 0 Å². The van der Waals surface area contributed by atoms with E-state index in [2.05, 4.69) is 19.9 Å². The van der Waals surface area contributed by atoms with Crippen LogP contribution in [-0.2, 0) is 21.2 Å². The number of nitrogens with one attached hydrogen (secondary N) is 2. The Balaban J connectivity index is 2.15. The van der Waals surface area contributed by atoms with Gasteiger partial charge in [-0.15, -0.1) is 11.3 Å². The maximum atomic E-state index is 11.8. The van der Waals surface area contributed by atoms with Gasteiger partial charge in [-0.25, -0.2) is 4.98 Å². The van der Waals surface area contributed by atoms with Crippen molar-refractivity contribution in [3.63, 3.8) is 0 Å². The van der Waals surface area contributed by atoms with E-state index in [1.165, 1.54) is 17.6 Å². The molecule has 0 unspecified atom stereocenters. The summed E-state index contributed by atoms with van der Waals surface area (Å²) >= 11 is 1.02. The summed E-state index contributed by atoms with van der Waals surface area (Å²) in [4.78, 5) is 14.3. The normalized spacial score (nSPS) is 11.3. The van der Waals surface area contributed by atoms with Crippen LogP contribution in [0.3, 0.4) is 0 Å². The number of aliphatic carboxylic acids is 1. The molecule has 96 valence electrons. The van der Waals surface area contributed by atoms with E-state index in [-0.39, 0.29) is 16.6 Å². The molecule has 0 amide bonds. The Bertz CT molecular complexity index is 646. The quantitative estimate of drug-likeness (QED) is 0.726. The third-order valence-corrected chi connectivity index (χ3v) is 4.07. The first kappa shape index (κ1) is 12.5. The van der Waals surface area contributed by atoms with Crippen molar-refractivity contribution in [3.8, 4) is 0 Å². The van der Waals surface area contributed by atoms with Crippen molar-refractivity contribution in [2.45, 2.75) is 11.4 Å². The van der Waals surface area contributed by atoms with Crippen LogP contribution in [0.4, 0.5) is 5.13 Å². The second-order valence-electron chi connectivity index (χ2n) is 3.24. The molecule has 2 heterocycles. The molecule has 0 spiro atoms. The monoisotopic (exact) mass is 288 g/mol. The van der Waals surface area contributed by atoms with Gasteiger partial charge in [-0.05, 0) is 6.07 Å². The Morgan fingerprint density at radius 3 is 2.94 bits per heavy atom. The van der Waals surface area contributed by atoms with Crippen LogP contribution in [0.15, 0.2) is 22.7 Å².